The Balaban J connectivity index is 2.38. The monoisotopic (exact) mass is 238 g/mol. The quantitative estimate of drug-likeness (QED) is 0.706. The maximum atomic E-state index is 11.3. The lowest BCUT2D eigenvalue weighted by molar-refractivity contribution is -0.193. The summed E-state index contributed by atoms with van der Waals surface area (Å²) in [6.07, 6.45) is 1.32. The Kier molecular flexibility index (Phi) is 2.64. The molecule has 0 aromatic heterocycles. The summed E-state index contributed by atoms with van der Waals surface area (Å²) in [6, 6.07) is 7.13. The lowest BCUT2D eigenvalue weighted by atomic mass is 10.1. The molecule has 0 bridgehead atoms. The van der Waals surface area contributed by atoms with Crippen molar-refractivity contribution >= 4 is 23.3 Å². The molecule has 0 aliphatic carbocycles. The van der Waals surface area contributed by atoms with Crippen LogP contribution in [0.4, 0.5) is 0 Å². The van der Waals surface area contributed by atoms with E-state index in [1.807, 2.05) is 6.07 Å². The minimum atomic E-state index is -0.941. The first-order chi connectivity index (χ1) is 7.46. The summed E-state index contributed by atoms with van der Waals surface area (Å²) in [4.78, 5) is 11.3. The molecule has 0 atom stereocenters. The highest BCUT2D eigenvalue weighted by atomic mass is 35.5. The van der Waals surface area contributed by atoms with Gasteiger partial charge in [0.15, 0.2) is 0 Å². The molecule has 0 saturated heterocycles. The Morgan fingerprint density at radius 1 is 1.25 bits per heavy atom. The van der Waals surface area contributed by atoms with Crippen LogP contribution in [-0.4, -0.2) is 11.8 Å². The van der Waals surface area contributed by atoms with Crippen LogP contribution in [0, 0.1) is 0 Å². The van der Waals surface area contributed by atoms with Gasteiger partial charge in [-0.3, -0.25) is 0 Å². The molecule has 84 valence electrons. The summed E-state index contributed by atoms with van der Waals surface area (Å²) >= 11 is 5.87. The highest BCUT2D eigenvalue weighted by Crippen LogP contribution is 2.29. The van der Waals surface area contributed by atoms with Gasteiger partial charge in [0.05, 0.1) is 6.08 Å². The predicted molar refractivity (Wildman–Crippen MR) is 60.7 cm³/mol. The van der Waals surface area contributed by atoms with Gasteiger partial charge in [0.25, 0.3) is 0 Å². The Labute approximate surface area is 98.6 Å². The Morgan fingerprint density at radius 3 is 2.62 bits per heavy atom. The number of rotatable bonds is 1. The average Bonchev–Trinajstić information content (AvgIpc) is 2.14. The molecule has 3 nitrogen and oxygen atoms in total. The molecule has 1 aliphatic heterocycles. The Hall–Kier alpha value is -1.48. The lowest BCUT2D eigenvalue weighted by Crippen LogP contribution is -2.33. The number of carbonyl (C=O) groups is 1. The van der Waals surface area contributed by atoms with Crippen LogP contribution in [0.5, 0.6) is 0 Å². The van der Waals surface area contributed by atoms with Crippen molar-refractivity contribution in [2.45, 2.75) is 19.6 Å². The number of ether oxygens (including phenoxy) is 2. The Morgan fingerprint density at radius 2 is 2.00 bits per heavy atom. The molecule has 2 rings (SSSR count). The first-order valence-corrected chi connectivity index (χ1v) is 5.24. The summed E-state index contributed by atoms with van der Waals surface area (Å²) in [5, 5.41) is 0.596. The van der Waals surface area contributed by atoms with Crippen molar-refractivity contribution < 1.29 is 14.3 Å². The van der Waals surface area contributed by atoms with Crippen LogP contribution in [0.2, 0.25) is 5.02 Å². The van der Waals surface area contributed by atoms with Gasteiger partial charge in [-0.25, -0.2) is 4.79 Å². The average molecular weight is 239 g/mol. The minimum absolute atomic E-state index is 0.411. The first-order valence-electron chi connectivity index (χ1n) is 4.86. The van der Waals surface area contributed by atoms with Crippen molar-refractivity contribution in [3.63, 3.8) is 0 Å². The molecule has 0 saturated carbocycles. The molecule has 1 aromatic carbocycles. The van der Waals surface area contributed by atoms with Gasteiger partial charge in [0.1, 0.15) is 5.76 Å². The molecule has 0 amide bonds. The SMILES string of the molecule is CC1(C)OC(=O)C=C(c2cccc(Cl)c2)O1. The lowest BCUT2D eigenvalue weighted by Gasteiger charge is -2.30. The summed E-state index contributed by atoms with van der Waals surface area (Å²) < 4.78 is 10.5. The fourth-order valence-corrected chi connectivity index (χ4v) is 1.67. The van der Waals surface area contributed by atoms with E-state index in [1.165, 1.54) is 6.08 Å². The molecule has 0 unspecified atom stereocenters. The molecule has 0 fully saturated rings. The van der Waals surface area contributed by atoms with Crippen molar-refractivity contribution in [2.75, 3.05) is 0 Å². The number of hydrogen-bond donors (Lipinski definition) is 0. The van der Waals surface area contributed by atoms with Crippen LogP contribution in [0.25, 0.3) is 5.76 Å². The fourth-order valence-electron chi connectivity index (χ4n) is 1.48. The van der Waals surface area contributed by atoms with E-state index < -0.39 is 11.8 Å². The fraction of sp³-hybridized carbons (Fsp3) is 0.250. The van der Waals surface area contributed by atoms with E-state index >= 15 is 0 Å². The van der Waals surface area contributed by atoms with E-state index in [0.29, 0.717) is 10.8 Å². The van der Waals surface area contributed by atoms with Gasteiger partial charge in [-0.2, -0.15) is 0 Å². The molecule has 0 spiro atoms. The summed E-state index contributed by atoms with van der Waals surface area (Å²) in [7, 11) is 0. The molecular formula is C12H11ClO3. The number of hydrogen-bond acceptors (Lipinski definition) is 3. The zero-order valence-corrected chi connectivity index (χ0v) is 9.75. The maximum absolute atomic E-state index is 11.3. The van der Waals surface area contributed by atoms with Crippen molar-refractivity contribution in [1.29, 1.82) is 0 Å². The van der Waals surface area contributed by atoms with Crippen LogP contribution in [0.3, 0.4) is 0 Å². The number of cyclic esters (lactones) is 1. The highest BCUT2D eigenvalue weighted by molar-refractivity contribution is 6.30. The van der Waals surface area contributed by atoms with Crippen molar-refractivity contribution in [3.05, 3.63) is 40.9 Å². The van der Waals surface area contributed by atoms with E-state index in [0.717, 1.165) is 5.56 Å². The number of esters is 1. The third-order valence-corrected chi connectivity index (χ3v) is 2.30. The summed E-state index contributed by atoms with van der Waals surface area (Å²) in [6.45, 7) is 3.37. The van der Waals surface area contributed by atoms with Gasteiger partial charge < -0.3 is 9.47 Å². The molecule has 1 heterocycles. The summed E-state index contributed by atoms with van der Waals surface area (Å²) in [5.74, 6) is -0.876. The van der Waals surface area contributed by atoms with Crippen LogP contribution in [-0.2, 0) is 14.3 Å². The van der Waals surface area contributed by atoms with Gasteiger partial charge in [0.2, 0.25) is 5.79 Å². The second kappa shape index (κ2) is 3.83. The smallest absolute Gasteiger partial charge is 0.337 e. The van der Waals surface area contributed by atoms with Gasteiger partial charge in [-0.05, 0) is 12.1 Å². The van der Waals surface area contributed by atoms with Crippen molar-refractivity contribution in [1.82, 2.24) is 0 Å². The second-order valence-corrected chi connectivity index (χ2v) is 4.38. The largest absolute Gasteiger partial charge is 0.452 e. The standard InChI is InChI=1S/C12H11ClO3/c1-12(2)15-10(7-11(14)16-12)8-4-3-5-9(13)6-8/h3-7H,1-2H3. The van der Waals surface area contributed by atoms with Gasteiger partial charge in [0, 0.05) is 24.4 Å². The van der Waals surface area contributed by atoms with E-state index in [4.69, 9.17) is 21.1 Å². The zero-order valence-electron chi connectivity index (χ0n) is 8.99. The normalized spacial score (nSPS) is 18.4. The topological polar surface area (TPSA) is 35.5 Å². The molecule has 0 N–H and O–H groups in total. The molecule has 4 heteroatoms. The van der Waals surface area contributed by atoms with Gasteiger partial charge in [-0.1, -0.05) is 23.7 Å². The summed E-state index contributed by atoms with van der Waals surface area (Å²) in [5.41, 5.74) is 0.761. The van der Waals surface area contributed by atoms with Gasteiger partial charge >= 0.3 is 5.97 Å². The molecular weight excluding hydrogens is 228 g/mol. The van der Waals surface area contributed by atoms with Crippen LogP contribution >= 0.6 is 11.6 Å². The highest BCUT2D eigenvalue weighted by Gasteiger charge is 2.30. The van der Waals surface area contributed by atoms with Crippen LogP contribution in [0.15, 0.2) is 30.3 Å². The second-order valence-electron chi connectivity index (χ2n) is 3.94. The number of carbonyl (C=O) groups excluding carboxylic acids is 1. The molecule has 1 aromatic rings. The predicted octanol–water partition coefficient (Wildman–Crippen LogP) is 2.99. The van der Waals surface area contributed by atoms with E-state index in [9.17, 15) is 4.79 Å². The third kappa shape index (κ3) is 2.36. The zero-order chi connectivity index (χ0) is 11.8. The van der Waals surface area contributed by atoms with Crippen LogP contribution < -0.4 is 0 Å². The molecule has 16 heavy (non-hydrogen) atoms. The third-order valence-electron chi connectivity index (χ3n) is 2.06. The molecule has 0 radical (unpaired) electrons. The van der Waals surface area contributed by atoms with E-state index in [2.05, 4.69) is 0 Å². The van der Waals surface area contributed by atoms with Crippen molar-refractivity contribution in [3.8, 4) is 0 Å². The van der Waals surface area contributed by atoms with E-state index in [-0.39, 0.29) is 0 Å². The number of benzene rings is 1. The minimum Gasteiger partial charge on any atom is -0.452 e. The maximum Gasteiger partial charge on any atom is 0.337 e. The molecule has 1 aliphatic rings. The number of halogens is 1. The first kappa shape index (κ1) is 11.0. The van der Waals surface area contributed by atoms with Crippen molar-refractivity contribution in [2.24, 2.45) is 0 Å². The van der Waals surface area contributed by atoms with Crippen LogP contribution in [0.1, 0.15) is 19.4 Å². The Bertz CT molecular complexity index is 463. The van der Waals surface area contributed by atoms with E-state index in [1.54, 1.807) is 32.0 Å². The van der Waals surface area contributed by atoms with Gasteiger partial charge in [-0.15, -0.1) is 0 Å².